The van der Waals surface area contributed by atoms with E-state index >= 15 is 0 Å². The Morgan fingerprint density at radius 1 is 1.04 bits per heavy atom. The zero-order valence-electron chi connectivity index (χ0n) is 16.8. The molecule has 0 N–H and O–H groups in total. The lowest BCUT2D eigenvalue weighted by atomic mass is 9.71. The van der Waals surface area contributed by atoms with Crippen molar-refractivity contribution < 1.29 is 28.5 Å². The molecule has 1 unspecified atom stereocenters. The van der Waals surface area contributed by atoms with Crippen molar-refractivity contribution in [1.82, 2.24) is 0 Å². The van der Waals surface area contributed by atoms with Crippen LogP contribution in [0.3, 0.4) is 0 Å². The number of hydrogen-bond acceptors (Lipinski definition) is 7. The molecule has 0 radical (unpaired) electrons. The Morgan fingerprint density at radius 3 is 2.36 bits per heavy atom. The van der Waals surface area contributed by atoms with Gasteiger partial charge in [0.05, 0.1) is 28.4 Å². The molecule has 28 heavy (non-hydrogen) atoms. The summed E-state index contributed by atoms with van der Waals surface area (Å²) in [5.41, 5.74) is 2.61. The van der Waals surface area contributed by atoms with Gasteiger partial charge in [-0.15, -0.1) is 0 Å². The number of hydrogen-bond donors (Lipinski definition) is 0. The molecule has 1 aromatic rings. The maximum atomic E-state index is 12.9. The molecule has 0 bridgehead atoms. The van der Waals surface area contributed by atoms with Crippen molar-refractivity contribution in [3.8, 4) is 17.2 Å². The minimum absolute atomic E-state index is 0.00763. The number of carbonyl (C=O) groups excluding carboxylic acids is 2. The van der Waals surface area contributed by atoms with E-state index in [-0.39, 0.29) is 5.78 Å². The molecule has 1 aromatic carbocycles. The number of nitrogens with zero attached hydrogens (tertiary/aromatic N) is 1. The van der Waals surface area contributed by atoms with E-state index in [1.807, 2.05) is 6.07 Å². The molecule has 0 aromatic heterocycles. The van der Waals surface area contributed by atoms with Gasteiger partial charge < -0.3 is 18.9 Å². The largest absolute Gasteiger partial charge is 0.493 e. The molecule has 7 nitrogen and oxygen atoms in total. The first kappa shape index (κ1) is 19.9. The summed E-state index contributed by atoms with van der Waals surface area (Å²) in [4.78, 5) is 30.2. The van der Waals surface area contributed by atoms with Gasteiger partial charge in [0.25, 0.3) is 0 Å². The lowest BCUT2D eigenvalue weighted by Gasteiger charge is -2.35. The van der Waals surface area contributed by atoms with Gasteiger partial charge >= 0.3 is 5.97 Å². The van der Waals surface area contributed by atoms with Gasteiger partial charge in [-0.3, -0.25) is 14.6 Å². The van der Waals surface area contributed by atoms with Gasteiger partial charge in [0.2, 0.25) is 5.75 Å². The molecule has 1 aliphatic heterocycles. The van der Waals surface area contributed by atoms with Gasteiger partial charge in [-0.1, -0.05) is 6.07 Å². The molecular formula is C21H25NO6. The number of ketones is 1. The zero-order chi connectivity index (χ0) is 20.4. The zero-order valence-corrected chi connectivity index (χ0v) is 16.8. The molecule has 1 aliphatic carbocycles. The minimum Gasteiger partial charge on any atom is -0.493 e. The highest BCUT2D eigenvalue weighted by Crippen LogP contribution is 2.50. The smallest absolute Gasteiger partial charge is 0.315 e. The average molecular weight is 387 g/mol. The molecule has 0 fully saturated rings. The third kappa shape index (κ3) is 3.15. The van der Waals surface area contributed by atoms with E-state index in [0.29, 0.717) is 46.9 Å². The predicted octanol–water partition coefficient (Wildman–Crippen LogP) is 3.07. The van der Waals surface area contributed by atoms with Crippen LogP contribution in [-0.2, 0) is 14.3 Å². The number of ether oxygens (including phenoxy) is 4. The van der Waals surface area contributed by atoms with Crippen molar-refractivity contribution in [3.05, 3.63) is 29.0 Å². The second kappa shape index (κ2) is 8.04. The van der Waals surface area contributed by atoms with E-state index in [9.17, 15) is 9.59 Å². The van der Waals surface area contributed by atoms with Crippen molar-refractivity contribution in [2.24, 2.45) is 10.9 Å². The molecule has 150 valence electrons. The van der Waals surface area contributed by atoms with Crippen LogP contribution in [0, 0.1) is 5.92 Å². The summed E-state index contributed by atoms with van der Waals surface area (Å²) in [6.45, 7) is 1.80. The highest BCUT2D eigenvalue weighted by Gasteiger charge is 2.44. The maximum Gasteiger partial charge on any atom is 0.315 e. The number of esters is 1. The molecule has 2 atom stereocenters. The van der Waals surface area contributed by atoms with Crippen LogP contribution in [0.25, 0.3) is 0 Å². The van der Waals surface area contributed by atoms with Crippen molar-refractivity contribution in [1.29, 1.82) is 0 Å². The highest BCUT2D eigenvalue weighted by atomic mass is 16.5. The van der Waals surface area contributed by atoms with E-state index < -0.39 is 17.8 Å². The van der Waals surface area contributed by atoms with Gasteiger partial charge in [0, 0.05) is 34.9 Å². The lowest BCUT2D eigenvalue weighted by molar-refractivity contribution is -0.143. The van der Waals surface area contributed by atoms with Crippen LogP contribution in [0.15, 0.2) is 28.4 Å². The summed E-state index contributed by atoms with van der Waals surface area (Å²) in [5.74, 6) is -0.345. The van der Waals surface area contributed by atoms with Crippen LogP contribution in [0.1, 0.15) is 37.7 Å². The molecule has 0 spiro atoms. The summed E-state index contributed by atoms with van der Waals surface area (Å²) in [6, 6.07) is 3.56. The second-order valence-electron chi connectivity index (χ2n) is 6.79. The fraction of sp³-hybridized carbons (Fsp3) is 0.476. The van der Waals surface area contributed by atoms with Crippen LogP contribution in [0.4, 0.5) is 0 Å². The number of carbonyl (C=O) groups is 2. The fourth-order valence-electron chi connectivity index (χ4n) is 4.14. The highest BCUT2D eigenvalue weighted by molar-refractivity contribution is 6.09. The molecule has 3 rings (SSSR count). The maximum absolute atomic E-state index is 12.9. The Morgan fingerprint density at radius 2 is 1.75 bits per heavy atom. The molecule has 7 heteroatoms. The van der Waals surface area contributed by atoms with Crippen molar-refractivity contribution in [2.75, 3.05) is 28.4 Å². The molecule has 1 heterocycles. The minimum atomic E-state index is -0.710. The Bertz CT molecular complexity index is 870. The Kier molecular flexibility index (Phi) is 5.72. The predicted molar refractivity (Wildman–Crippen MR) is 103 cm³/mol. The van der Waals surface area contributed by atoms with Crippen LogP contribution >= 0.6 is 0 Å². The standard InChI is InChI=1S/C21H25NO6/c1-11-16(21(24)28-5)17(18-13(22-11)7-6-8-14(18)23)12-9-10-15(25-2)20(27-4)19(12)26-3/h9-10,16-17H,6-8H2,1-5H3/t16?,17-/m1/s1. The van der Waals surface area contributed by atoms with Gasteiger partial charge in [-0.2, -0.15) is 0 Å². The third-order valence-corrected chi connectivity index (χ3v) is 5.36. The first-order valence-electron chi connectivity index (χ1n) is 9.16. The summed E-state index contributed by atoms with van der Waals surface area (Å²) in [7, 11) is 5.92. The number of allylic oxidation sites excluding steroid dienone is 2. The van der Waals surface area contributed by atoms with Gasteiger partial charge in [0.1, 0.15) is 5.92 Å². The SMILES string of the molecule is COC(=O)C1C(C)=NC2=C(C(=O)CCC2)[C@@H]1c1ccc(OC)c(OC)c1OC. The summed E-state index contributed by atoms with van der Waals surface area (Å²) >= 11 is 0. The normalized spacial score (nSPS) is 21.6. The first-order valence-corrected chi connectivity index (χ1v) is 9.16. The summed E-state index contributed by atoms with van der Waals surface area (Å²) in [6.07, 6.45) is 1.90. The van der Waals surface area contributed by atoms with Crippen LogP contribution < -0.4 is 14.2 Å². The Labute approximate surface area is 164 Å². The van der Waals surface area contributed by atoms with E-state index in [4.69, 9.17) is 18.9 Å². The molecule has 0 saturated heterocycles. The number of methoxy groups -OCH3 is 4. The first-order chi connectivity index (χ1) is 13.5. The monoisotopic (exact) mass is 387 g/mol. The van der Waals surface area contributed by atoms with Gasteiger partial charge in [-0.05, 0) is 25.8 Å². The van der Waals surface area contributed by atoms with Gasteiger partial charge in [0.15, 0.2) is 17.3 Å². The molecule has 2 aliphatic rings. The number of benzene rings is 1. The quantitative estimate of drug-likeness (QED) is 0.722. The summed E-state index contributed by atoms with van der Waals surface area (Å²) < 4.78 is 21.6. The number of rotatable bonds is 5. The van der Waals surface area contributed by atoms with E-state index in [0.717, 1.165) is 12.1 Å². The van der Waals surface area contributed by atoms with E-state index in [1.54, 1.807) is 13.0 Å². The van der Waals surface area contributed by atoms with Crippen molar-refractivity contribution >= 4 is 17.5 Å². The molecular weight excluding hydrogens is 362 g/mol. The molecule has 0 amide bonds. The second-order valence-corrected chi connectivity index (χ2v) is 6.79. The topological polar surface area (TPSA) is 83.4 Å². The third-order valence-electron chi connectivity index (χ3n) is 5.36. The van der Waals surface area contributed by atoms with Crippen LogP contribution in [0.2, 0.25) is 0 Å². The van der Waals surface area contributed by atoms with Gasteiger partial charge in [-0.25, -0.2) is 0 Å². The summed E-state index contributed by atoms with van der Waals surface area (Å²) in [5, 5.41) is 0. The van der Waals surface area contributed by atoms with Crippen LogP contribution in [-0.4, -0.2) is 45.9 Å². The molecule has 0 saturated carbocycles. The van der Waals surface area contributed by atoms with Crippen LogP contribution in [0.5, 0.6) is 17.2 Å². The number of aliphatic imine (C=N–C) groups is 1. The Hall–Kier alpha value is -2.83. The lowest BCUT2D eigenvalue weighted by Crippen LogP contribution is -2.37. The average Bonchev–Trinajstić information content (AvgIpc) is 2.71. The Balaban J connectivity index is 2.29. The fourth-order valence-corrected chi connectivity index (χ4v) is 4.14. The van der Waals surface area contributed by atoms with Crippen molar-refractivity contribution in [3.63, 3.8) is 0 Å². The number of Topliss-reactive ketones (excluding diaryl/α,β-unsaturated/α-hetero) is 1. The van der Waals surface area contributed by atoms with E-state index in [2.05, 4.69) is 4.99 Å². The van der Waals surface area contributed by atoms with Crippen molar-refractivity contribution in [2.45, 2.75) is 32.1 Å². The van der Waals surface area contributed by atoms with E-state index in [1.165, 1.54) is 28.4 Å².